The lowest BCUT2D eigenvalue weighted by molar-refractivity contribution is 0.103. The largest absolute Gasteiger partial charge is 0.506 e. The predicted molar refractivity (Wildman–Crippen MR) is 89.4 cm³/mol. The minimum atomic E-state index is -0.135. The van der Waals surface area contributed by atoms with E-state index in [0.717, 1.165) is 11.4 Å². The molecule has 21 heavy (non-hydrogen) atoms. The highest BCUT2D eigenvalue weighted by Crippen LogP contribution is 2.34. The number of hydrogen-bond acceptors (Lipinski definition) is 4. The number of carbonyl (C=O) groups is 1. The Kier molecular flexibility index (Phi) is 3.90. The van der Waals surface area contributed by atoms with E-state index in [9.17, 15) is 9.90 Å². The molecule has 7 heteroatoms. The predicted octanol–water partition coefficient (Wildman–Crippen LogP) is 4.42. The quantitative estimate of drug-likeness (QED) is 0.627. The summed E-state index contributed by atoms with van der Waals surface area (Å²) in [6.07, 6.45) is 4.45. The summed E-state index contributed by atoms with van der Waals surface area (Å²) in [5.41, 5.74) is 1.00. The van der Waals surface area contributed by atoms with E-state index in [1.165, 1.54) is 4.88 Å². The maximum absolute atomic E-state index is 12.7. The Morgan fingerprint density at radius 2 is 2.05 bits per heavy atom. The molecule has 0 unspecified atom stereocenters. The van der Waals surface area contributed by atoms with Crippen LogP contribution in [-0.4, -0.2) is 20.3 Å². The number of ketones is 1. The summed E-state index contributed by atoms with van der Waals surface area (Å²) >= 11 is 8.06. The van der Waals surface area contributed by atoms with Crippen molar-refractivity contribution in [3.63, 3.8) is 0 Å². The van der Waals surface area contributed by atoms with Crippen LogP contribution in [0.2, 0.25) is 0 Å². The topological polar surface area (TPSA) is 54.6 Å². The second-order valence-corrected chi connectivity index (χ2v) is 7.27. The number of aryl methyl sites for hydroxylation is 1. The molecular formula is C14H10Br2N2O2S. The number of hydrogen-bond donors (Lipinski definition) is 1. The van der Waals surface area contributed by atoms with Gasteiger partial charge in [0.25, 0.3) is 0 Å². The smallest absolute Gasteiger partial charge is 0.211 e. The third-order valence-electron chi connectivity index (χ3n) is 3.12. The monoisotopic (exact) mass is 428 g/mol. The van der Waals surface area contributed by atoms with Crippen molar-refractivity contribution in [2.45, 2.75) is 13.3 Å². The summed E-state index contributed by atoms with van der Waals surface area (Å²) in [6, 6.07) is 3.21. The van der Waals surface area contributed by atoms with Gasteiger partial charge >= 0.3 is 0 Å². The zero-order valence-electron chi connectivity index (χ0n) is 10.9. The Balaban J connectivity index is 2.10. The number of halogens is 2. The maximum atomic E-state index is 12.7. The van der Waals surface area contributed by atoms with E-state index < -0.39 is 0 Å². The number of phenols is 1. The van der Waals surface area contributed by atoms with Gasteiger partial charge in [-0.15, -0.1) is 11.3 Å². The van der Waals surface area contributed by atoms with Crippen LogP contribution in [0.5, 0.6) is 5.75 Å². The summed E-state index contributed by atoms with van der Waals surface area (Å²) in [5.74, 6) is -0.0573. The summed E-state index contributed by atoms with van der Waals surface area (Å²) in [6.45, 7) is 2.07. The fraction of sp³-hybridized carbons (Fsp3) is 0.143. The Morgan fingerprint density at radius 1 is 1.38 bits per heavy atom. The Hall–Kier alpha value is -1.18. The molecule has 0 fully saturated rings. The van der Waals surface area contributed by atoms with E-state index in [1.807, 2.05) is 10.6 Å². The third kappa shape index (κ3) is 2.54. The van der Waals surface area contributed by atoms with Gasteiger partial charge in [0.05, 0.1) is 15.1 Å². The Labute approximate surface area is 141 Å². The van der Waals surface area contributed by atoms with Gasteiger partial charge in [0.1, 0.15) is 11.4 Å². The van der Waals surface area contributed by atoms with Gasteiger partial charge in [-0.25, -0.2) is 4.98 Å². The molecule has 3 rings (SSSR count). The van der Waals surface area contributed by atoms with Gasteiger partial charge in [-0.05, 0) is 50.4 Å². The van der Waals surface area contributed by atoms with Crippen molar-refractivity contribution in [2.75, 3.05) is 0 Å². The van der Waals surface area contributed by atoms with Crippen LogP contribution in [0.1, 0.15) is 27.9 Å². The van der Waals surface area contributed by atoms with Crippen LogP contribution in [0.4, 0.5) is 0 Å². The summed E-state index contributed by atoms with van der Waals surface area (Å²) in [4.78, 5) is 18.9. The molecule has 0 spiro atoms. The number of benzene rings is 1. The molecule has 0 atom stereocenters. The van der Waals surface area contributed by atoms with Gasteiger partial charge < -0.3 is 5.11 Å². The molecule has 0 aliphatic rings. The van der Waals surface area contributed by atoms with Crippen molar-refractivity contribution in [3.8, 4) is 5.75 Å². The second kappa shape index (κ2) is 5.55. The summed E-state index contributed by atoms with van der Waals surface area (Å²) in [7, 11) is 0. The van der Waals surface area contributed by atoms with Crippen LogP contribution in [-0.2, 0) is 6.42 Å². The lowest BCUT2D eigenvalue weighted by atomic mass is 10.1. The van der Waals surface area contributed by atoms with Gasteiger partial charge in [-0.1, -0.05) is 6.92 Å². The van der Waals surface area contributed by atoms with Gasteiger partial charge in [-0.2, -0.15) is 0 Å². The molecule has 0 radical (unpaired) electrons. The number of aromatic nitrogens is 2. The van der Waals surface area contributed by atoms with Gasteiger partial charge in [-0.3, -0.25) is 9.20 Å². The number of aromatic hydroxyl groups is 1. The van der Waals surface area contributed by atoms with Crippen molar-refractivity contribution in [1.82, 2.24) is 9.38 Å². The molecule has 0 aliphatic carbocycles. The van der Waals surface area contributed by atoms with Crippen molar-refractivity contribution >= 4 is 53.9 Å². The van der Waals surface area contributed by atoms with Gasteiger partial charge in [0.15, 0.2) is 4.96 Å². The molecule has 4 nitrogen and oxygen atoms in total. The highest BCUT2D eigenvalue weighted by atomic mass is 79.9. The number of carbonyl (C=O) groups excluding carboxylic acids is 1. The van der Waals surface area contributed by atoms with Crippen LogP contribution >= 0.6 is 43.2 Å². The lowest BCUT2D eigenvalue weighted by Gasteiger charge is -2.05. The Bertz CT molecular complexity index is 831. The first-order valence-corrected chi connectivity index (χ1v) is 8.60. The average Bonchev–Trinajstić information content (AvgIpc) is 3.02. The number of thiazole rings is 1. The zero-order valence-corrected chi connectivity index (χ0v) is 14.9. The number of fused-ring (bicyclic) bond motifs is 1. The molecule has 0 bridgehead atoms. The molecule has 2 aromatic heterocycles. The van der Waals surface area contributed by atoms with E-state index in [1.54, 1.807) is 29.7 Å². The number of rotatable bonds is 3. The third-order valence-corrected chi connectivity index (χ3v) is 5.47. The van der Waals surface area contributed by atoms with Crippen molar-refractivity contribution in [3.05, 3.63) is 49.6 Å². The molecule has 0 amide bonds. The lowest BCUT2D eigenvalue weighted by Crippen LogP contribution is -2.04. The van der Waals surface area contributed by atoms with E-state index in [2.05, 4.69) is 43.8 Å². The maximum Gasteiger partial charge on any atom is 0.211 e. The minimum absolute atomic E-state index is 0.0776. The number of imidazole rings is 1. The van der Waals surface area contributed by atoms with Crippen molar-refractivity contribution in [1.29, 1.82) is 0 Å². The van der Waals surface area contributed by atoms with E-state index >= 15 is 0 Å². The van der Waals surface area contributed by atoms with Crippen LogP contribution in [0.15, 0.2) is 33.5 Å². The highest BCUT2D eigenvalue weighted by Gasteiger charge is 2.18. The fourth-order valence-corrected chi connectivity index (χ4v) is 4.09. The van der Waals surface area contributed by atoms with Crippen molar-refractivity contribution in [2.24, 2.45) is 0 Å². The SMILES string of the molecule is CCc1cn2c(C(=O)c3cc(Br)c(O)c(Br)c3)cnc2s1. The normalized spacial score (nSPS) is 11.2. The summed E-state index contributed by atoms with van der Waals surface area (Å²) < 4.78 is 2.77. The van der Waals surface area contributed by atoms with Crippen LogP contribution < -0.4 is 0 Å². The number of nitrogens with zero attached hydrogens (tertiary/aromatic N) is 2. The first-order chi connectivity index (χ1) is 10.0. The van der Waals surface area contributed by atoms with Crippen LogP contribution in [0.3, 0.4) is 0 Å². The molecule has 1 N–H and O–H groups in total. The van der Waals surface area contributed by atoms with Crippen molar-refractivity contribution < 1.29 is 9.90 Å². The molecule has 0 saturated heterocycles. The molecule has 2 heterocycles. The molecule has 108 valence electrons. The first-order valence-electron chi connectivity index (χ1n) is 6.19. The summed E-state index contributed by atoms with van der Waals surface area (Å²) in [5, 5.41) is 9.73. The molecule has 3 aromatic rings. The molecule has 0 aliphatic heterocycles. The average molecular weight is 430 g/mol. The number of phenolic OH excluding ortho intramolecular Hbond substituents is 1. The van der Waals surface area contributed by atoms with E-state index in [-0.39, 0.29) is 11.5 Å². The highest BCUT2D eigenvalue weighted by molar-refractivity contribution is 9.11. The zero-order chi connectivity index (χ0) is 15.1. The van der Waals surface area contributed by atoms with Gasteiger partial charge in [0.2, 0.25) is 5.78 Å². The molecule has 1 aromatic carbocycles. The standard InChI is InChI=1S/C14H10Br2N2O2S/c1-2-8-6-18-11(5-17-14(18)21-8)12(19)7-3-9(15)13(20)10(16)4-7/h3-6,20H,2H2,1H3. The van der Waals surface area contributed by atoms with Crippen LogP contribution in [0, 0.1) is 0 Å². The van der Waals surface area contributed by atoms with Gasteiger partial charge in [0, 0.05) is 16.6 Å². The first kappa shape index (κ1) is 14.7. The van der Waals surface area contributed by atoms with E-state index in [4.69, 9.17) is 0 Å². The fourth-order valence-electron chi connectivity index (χ4n) is 2.01. The second-order valence-electron chi connectivity index (χ2n) is 4.46. The molecule has 0 saturated carbocycles. The molecular weight excluding hydrogens is 420 g/mol. The van der Waals surface area contributed by atoms with E-state index in [0.29, 0.717) is 20.2 Å². The minimum Gasteiger partial charge on any atom is -0.506 e. The van der Waals surface area contributed by atoms with Crippen LogP contribution in [0.25, 0.3) is 4.96 Å². The Morgan fingerprint density at radius 3 is 2.67 bits per heavy atom.